The lowest BCUT2D eigenvalue weighted by atomic mass is 9.78. The molecule has 3 nitrogen and oxygen atoms in total. The molecule has 0 aliphatic heterocycles. The molecular weight excluding hydrogens is 143 g/mol. The Morgan fingerprint density at radius 1 is 1.55 bits per heavy atom. The smallest absolute Gasteiger partial charge is 0.492 e. The Hall–Kier alpha value is -0.995. The SMILES string of the molecule is C=C/C=C(/B(O)O)C(=C)OC. The van der Waals surface area contributed by atoms with Gasteiger partial charge in [-0.15, -0.1) is 0 Å². The molecule has 0 aliphatic rings. The van der Waals surface area contributed by atoms with Crippen molar-refractivity contribution in [2.24, 2.45) is 0 Å². The highest BCUT2D eigenvalue weighted by atomic mass is 16.5. The van der Waals surface area contributed by atoms with Crippen molar-refractivity contribution in [3.05, 3.63) is 36.5 Å². The highest BCUT2D eigenvalue weighted by Gasteiger charge is 2.17. The van der Waals surface area contributed by atoms with Crippen molar-refractivity contribution < 1.29 is 14.8 Å². The van der Waals surface area contributed by atoms with E-state index in [2.05, 4.69) is 13.2 Å². The number of hydrogen-bond donors (Lipinski definition) is 2. The van der Waals surface area contributed by atoms with E-state index in [0.29, 0.717) is 0 Å². The van der Waals surface area contributed by atoms with Crippen LogP contribution in [0.25, 0.3) is 0 Å². The summed E-state index contributed by atoms with van der Waals surface area (Å²) in [7, 11) is -0.165. The number of rotatable bonds is 4. The molecule has 2 N–H and O–H groups in total. The standard InChI is InChI=1S/C7H11BO3/c1-4-5-7(8(9)10)6(2)11-3/h4-5,9-10H,1-2H2,3H3/b7-5+. The van der Waals surface area contributed by atoms with E-state index in [4.69, 9.17) is 14.8 Å². The van der Waals surface area contributed by atoms with Crippen molar-refractivity contribution in [3.8, 4) is 0 Å². The minimum absolute atomic E-state index is 0.211. The molecule has 0 saturated carbocycles. The third kappa shape index (κ3) is 3.07. The van der Waals surface area contributed by atoms with Crippen molar-refractivity contribution in [3.63, 3.8) is 0 Å². The second kappa shape index (κ2) is 4.76. The van der Waals surface area contributed by atoms with Gasteiger partial charge in [0.15, 0.2) is 0 Å². The zero-order chi connectivity index (χ0) is 8.85. The Balaban J connectivity index is 4.47. The first kappa shape index (κ1) is 10.0. The molecule has 4 heteroatoms. The Morgan fingerprint density at radius 2 is 2.09 bits per heavy atom. The average molecular weight is 154 g/mol. The van der Waals surface area contributed by atoms with Gasteiger partial charge in [-0.1, -0.05) is 25.3 Å². The molecule has 0 heterocycles. The highest BCUT2D eigenvalue weighted by Crippen LogP contribution is 2.08. The quantitative estimate of drug-likeness (QED) is 0.347. The fraction of sp³-hybridized carbons (Fsp3) is 0.143. The fourth-order valence-corrected chi connectivity index (χ4v) is 0.568. The number of allylic oxidation sites excluding steroid dienone is 3. The van der Waals surface area contributed by atoms with Crippen molar-refractivity contribution in [2.75, 3.05) is 7.11 Å². The van der Waals surface area contributed by atoms with Crippen LogP contribution in [0.5, 0.6) is 0 Å². The predicted molar refractivity (Wildman–Crippen MR) is 44.6 cm³/mol. The van der Waals surface area contributed by atoms with Gasteiger partial charge >= 0.3 is 7.12 Å². The summed E-state index contributed by atoms with van der Waals surface area (Å²) < 4.78 is 4.70. The van der Waals surface area contributed by atoms with Gasteiger partial charge in [-0.25, -0.2) is 0 Å². The Bertz CT molecular complexity index is 184. The van der Waals surface area contributed by atoms with Crippen LogP contribution in [-0.4, -0.2) is 24.3 Å². The molecule has 0 aromatic rings. The lowest BCUT2D eigenvalue weighted by Crippen LogP contribution is -2.17. The van der Waals surface area contributed by atoms with E-state index < -0.39 is 7.12 Å². The highest BCUT2D eigenvalue weighted by molar-refractivity contribution is 6.52. The van der Waals surface area contributed by atoms with Gasteiger partial charge in [-0.05, 0) is 0 Å². The van der Waals surface area contributed by atoms with E-state index in [1.165, 1.54) is 19.3 Å². The molecule has 0 fully saturated rings. The summed E-state index contributed by atoms with van der Waals surface area (Å²) in [6.07, 6.45) is 2.86. The Labute approximate surface area is 66.5 Å². The topological polar surface area (TPSA) is 49.7 Å². The van der Waals surface area contributed by atoms with E-state index in [9.17, 15) is 0 Å². The van der Waals surface area contributed by atoms with Gasteiger partial charge in [0.1, 0.15) is 5.76 Å². The monoisotopic (exact) mass is 154 g/mol. The normalized spacial score (nSPS) is 10.6. The molecule has 0 bridgehead atoms. The minimum Gasteiger partial charge on any atom is -0.498 e. The molecule has 0 spiro atoms. The zero-order valence-corrected chi connectivity index (χ0v) is 6.45. The second-order valence-electron chi connectivity index (χ2n) is 1.86. The van der Waals surface area contributed by atoms with Gasteiger partial charge in [-0.3, -0.25) is 0 Å². The predicted octanol–water partition coefficient (Wildman–Crippen LogP) is 0.271. The molecule has 0 atom stereocenters. The molecular formula is C7H11BO3. The van der Waals surface area contributed by atoms with Crippen LogP contribution in [0.2, 0.25) is 0 Å². The maximum atomic E-state index is 8.74. The van der Waals surface area contributed by atoms with Crippen molar-refractivity contribution in [1.82, 2.24) is 0 Å². The summed E-state index contributed by atoms with van der Waals surface area (Å²) in [6.45, 7) is 6.86. The first-order valence-corrected chi connectivity index (χ1v) is 3.05. The molecule has 0 aromatic carbocycles. The number of methoxy groups -OCH3 is 1. The molecule has 0 aliphatic carbocycles. The molecule has 0 aromatic heterocycles. The lowest BCUT2D eigenvalue weighted by Gasteiger charge is -2.06. The van der Waals surface area contributed by atoms with Gasteiger partial charge < -0.3 is 14.8 Å². The van der Waals surface area contributed by atoms with Crippen LogP contribution in [0.3, 0.4) is 0 Å². The van der Waals surface area contributed by atoms with Crippen molar-refractivity contribution >= 4 is 7.12 Å². The summed E-state index contributed by atoms with van der Waals surface area (Å²) in [6, 6.07) is 0. The maximum absolute atomic E-state index is 8.74. The zero-order valence-electron chi connectivity index (χ0n) is 6.45. The Morgan fingerprint density at radius 3 is 2.36 bits per heavy atom. The Kier molecular flexibility index (Phi) is 4.33. The molecule has 0 saturated heterocycles. The second-order valence-corrected chi connectivity index (χ2v) is 1.86. The first-order chi connectivity index (χ1) is 5.13. The molecule has 0 rings (SSSR count). The molecule has 11 heavy (non-hydrogen) atoms. The number of hydrogen-bond acceptors (Lipinski definition) is 3. The van der Waals surface area contributed by atoms with E-state index in [0.717, 1.165) is 0 Å². The van der Waals surface area contributed by atoms with Crippen molar-refractivity contribution in [1.29, 1.82) is 0 Å². The van der Waals surface area contributed by atoms with Crippen LogP contribution in [0, 0.1) is 0 Å². The third-order valence-electron chi connectivity index (χ3n) is 1.14. The molecule has 0 unspecified atom stereocenters. The number of ether oxygens (including phenoxy) is 1. The van der Waals surface area contributed by atoms with Crippen molar-refractivity contribution in [2.45, 2.75) is 0 Å². The summed E-state index contributed by atoms with van der Waals surface area (Å²) in [5.41, 5.74) is 0.211. The average Bonchev–Trinajstić information content (AvgIpc) is 1.98. The van der Waals surface area contributed by atoms with Crippen LogP contribution in [0.1, 0.15) is 0 Å². The van der Waals surface area contributed by atoms with Gasteiger partial charge in [0.2, 0.25) is 0 Å². The summed E-state index contributed by atoms with van der Waals surface area (Å²) in [4.78, 5) is 0. The van der Waals surface area contributed by atoms with Crippen LogP contribution in [0.4, 0.5) is 0 Å². The third-order valence-corrected chi connectivity index (χ3v) is 1.14. The first-order valence-electron chi connectivity index (χ1n) is 3.05. The van der Waals surface area contributed by atoms with E-state index in [1.807, 2.05) is 0 Å². The molecule has 0 radical (unpaired) electrons. The van der Waals surface area contributed by atoms with Crippen LogP contribution in [-0.2, 0) is 4.74 Å². The van der Waals surface area contributed by atoms with Crippen LogP contribution in [0.15, 0.2) is 36.5 Å². The summed E-state index contributed by atoms with van der Waals surface area (Å²) in [5.74, 6) is 0.222. The van der Waals surface area contributed by atoms with E-state index in [1.54, 1.807) is 0 Å². The molecule has 0 amide bonds. The van der Waals surface area contributed by atoms with Gasteiger partial charge in [-0.2, -0.15) is 0 Å². The van der Waals surface area contributed by atoms with Crippen LogP contribution < -0.4 is 0 Å². The maximum Gasteiger partial charge on any atom is 0.492 e. The van der Waals surface area contributed by atoms with Crippen LogP contribution >= 0.6 is 0 Å². The van der Waals surface area contributed by atoms with E-state index in [-0.39, 0.29) is 11.2 Å². The van der Waals surface area contributed by atoms with Gasteiger partial charge in [0.25, 0.3) is 0 Å². The largest absolute Gasteiger partial charge is 0.498 e. The molecule has 60 valence electrons. The minimum atomic E-state index is -1.57. The lowest BCUT2D eigenvalue weighted by molar-refractivity contribution is 0.300. The van der Waals surface area contributed by atoms with E-state index >= 15 is 0 Å². The van der Waals surface area contributed by atoms with Gasteiger partial charge in [0.05, 0.1) is 7.11 Å². The summed E-state index contributed by atoms with van der Waals surface area (Å²) in [5, 5.41) is 17.5. The van der Waals surface area contributed by atoms with Gasteiger partial charge in [0, 0.05) is 5.47 Å². The fourth-order valence-electron chi connectivity index (χ4n) is 0.568. The summed E-state index contributed by atoms with van der Waals surface area (Å²) >= 11 is 0.